The molecule has 13 heteroatoms. The minimum absolute atomic E-state index is 0.0437. The monoisotopic (exact) mass is 517 g/mol. The van der Waals surface area contributed by atoms with Gasteiger partial charge in [-0.1, -0.05) is 11.6 Å². The van der Waals surface area contributed by atoms with Crippen molar-refractivity contribution in [3.05, 3.63) is 69.2 Å². The molecule has 3 nitrogen and oxygen atoms in total. The molecule has 2 aliphatic heterocycles. The van der Waals surface area contributed by atoms with E-state index in [0.29, 0.717) is 12.1 Å². The van der Waals surface area contributed by atoms with Crippen LogP contribution in [0.4, 0.5) is 44.3 Å². The van der Waals surface area contributed by atoms with Gasteiger partial charge in [0.1, 0.15) is 6.10 Å². The Balaban J connectivity index is 1.73. The lowest BCUT2D eigenvalue weighted by Crippen LogP contribution is -2.31. The zero-order valence-corrected chi connectivity index (χ0v) is 17.4. The second-order valence-corrected chi connectivity index (χ2v) is 8.35. The minimum Gasteiger partial charge on any atom is -0.439 e. The fourth-order valence-corrected chi connectivity index (χ4v) is 4.60. The highest BCUT2D eigenvalue weighted by Gasteiger charge is 2.51. The van der Waals surface area contributed by atoms with Crippen molar-refractivity contribution in [3.63, 3.8) is 0 Å². The molecule has 2 aromatic rings. The van der Waals surface area contributed by atoms with Crippen LogP contribution in [0.3, 0.4) is 0 Å². The largest absolute Gasteiger partial charge is 0.439 e. The highest BCUT2D eigenvalue weighted by atomic mass is 35.5. The first kappa shape index (κ1) is 24.5. The molecule has 3 atom stereocenters. The number of benzene rings is 2. The molecule has 0 bridgehead atoms. The fourth-order valence-electron chi connectivity index (χ4n) is 4.36. The zero-order valence-electron chi connectivity index (χ0n) is 16.7. The van der Waals surface area contributed by atoms with E-state index in [1.165, 1.54) is 0 Å². The number of fused-ring (bicyclic) bond motifs is 1. The molecule has 34 heavy (non-hydrogen) atoms. The van der Waals surface area contributed by atoms with Crippen LogP contribution in [0.5, 0.6) is 0 Å². The Kier molecular flexibility index (Phi) is 5.73. The average molecular weight is 518 g/mol. The van der Waals surface area contributed by atoms with Crippen molar-refractivity contribution in [1.29, 1.82) is 0 Å². The summed E-state index contributed by atoms with van der Waals surface area (Å²) in [6, 6.07) is 1.44. The zero-order chi connectivity index (χ0) is 25.2. The van der Waals surface area contributed by atoms with E-state index in [9.17, 15) is 44.3 Å². The summed E-state index contributed by atoms with van der Waals surface area (Å²) in [4.78, 5) is 13.6. The Morgan fingerprint density at radius 2 is 1.35 bits per heavy atom. The molecule has 0 aromatic heterocycles. The summed E-state index contributed by atoms with van der Waals surface area (Å²) in [5, 5.41) is -0.0756. The van der Waals surface area contributed by atoms with Crippen LogP contribution in [0.2, 0.25) is 5.02 Å². The molecule has 0 unspecified atom stereocenters. The van der Waals surface area contributed by atoms with E-state index in [1.54, 1.807) is 0 Å². The Morgan fingerprint density at radius 3 is 1.88 bits per heavy atom. The van der Waals surface area contributed by atoms with Crippen molar-refractivity contribution in [2.24, 2.45) is 0 Å². The summed E-state index contributed by atoms with van der Waals surface area (Å²) in [5.41, 5.74) is -4.72. The predicted octanol–water partition coefficient (Wildman–Crippen LogP) is 7.79. The van der Waals surface area contributed by atoms with Gasteiger partial charge in [0.05, 0.1) is 28.8 Å². The molecule has 4 rings (SSSR count). The van der Waals surface area contributed by atoms with E-state index in [2.05, 4.69) is 0 Å². The van der Waals surface area contributed by atoms with Crippen molar-refractivity contribution in [3.8, 4) is 0 Å². The molecule has 0 spiro atoms. The molecular formula is C21H13ClF9NO2. The number of nitrogens with zero attached hydrogens (tertiary/aromatic N) is 1. The van der Waals surface area contributed by atoms with Gasteiger partial charge in [0, 0.05) is 5.02 Å². The van der Waals surface area contributed by atoms with E-state index in [-0.39, 0.29) is 29.5 Å². The first-order chi connectivity index (χ1) is 15.6. The van der Waals surface area contributed by atoms with Gasteiger partial charge < -0.3 is 4.74 Å². The molecular weight excluding hydrogens is 505 g/mol. The fraction of sp³-hybridized carbons (Fsp3) is 0.381. The van der Waals surface area contributed by atoms with E-state index in [0.717, 1.165) is 23.1 Å². The Morgan fingerprint density at radius 1 is 0.794 bits per heavy atom. The van der Waals surface area contributed by atoms with Gasteiger partial charge in [0.15, 0.2) is 0 Å². The second-order valence-electron chi connectivity index (χ2n) is 7.95. The molecule has 2 saturated heterocycles. The van der Waals surface area contributed by atoms with Crippen molar-refractivity contribution in [1.82, 2.24) is 4.90 Å². The Labute approximate surface area is 191 Å². The molecule has 2 aromatic carbocycles. The van der Waals surface area contributed by atoms with Gasteiger partial charge in [-0.05, 0) is 60.4 Å². The first-order valence-electron chi connectivity index (χ1n) is 9.72. The Hall–Kier alpha value is -2.63. The van der Waals surface area contributed by atoms with E-state index in [4.69, 9.17) is 16.3 Å². The summed E-state index contributed by atoms with van der Waals surface area (Å²) >= 11 is 6.06. The van der Waals surface area contributed by atoms with Gasteiger partial charge in [0.2, 0.25) is 0 Å². The van der Waals surface area contributed by atoms with Crippen LogP contribution >= 0.6 is 11.6 Å². The van der Waals surface area contributed by atoms with Crippen molar-refractivity contribution < 1.29 is 49.0 Å². The smallest absolute Gasteiger partial charge is 0.416 e. The summed E-state index contributed by atoms with van der Waals surface area (Å²) in [5.74, 6) is 0. The molecule has 0 saturated carbocycles. The first-order valence-corrected chi connectivity index (χ1v) is 10.1. The molecule has 0 radical (unpaired) electrons. The normalized spacial score (nSPS) is 23.3. The SMILES string of the molecule is O=C1O[C@H](c2cc(C(F)(F)F)cc(C(F)(F)F)c2)[C@@H]2CC[C@@H](c3cc(C(F)(F)F)ccc3Cl)N12. The summed E-state index contributed by atoms with van der Waals surface area (Å²) in [6.07, 6.45) is -17.3. The van der Waals surface area contributed by atoms with E-state index < -0.39 is 65.1 Å². The Bertz CT molecular complexity index is 1090. The van der Waals surface area contributed by atoms with Crippen LogP contribution in [0.1, 0.15) is 52.8 Å². The molecule has 1 amide bonds. The third-order valence-corrected chi connectivity index (χ3v) is 6.18. The maximum atomic E-state index is 13.2. The van der Waals surface area contributed by atoms with Gasteiger partial charge in [-0.15, -0.1) is 0 Å². The predicted molar refractivity (Wildman–Crippen MR) is 99.7 cm³/mol. The number of rotatable bonds is 2. The van der Waals surface area contributed by atoms with Crippen molar-refractivity contribution in [2.45, 2.75) is 49.6 Å². The molecule has 0 N–H and O–H groups in total. The van der Waals surface area contributed by atoms with Crippen LogP contribution < -0.4 is 0 Å². The number of hydrogen-bond donors (Lipinski definition) is 0. The van der Waals surface area contributed by atoms with Crippen molar-refractivity contribution >= 4 is 17.7 Å². The minimum atomic E-state index is -5.10. The van der Waals surface area contributed by atoms with Crippen LogP contribution in [0.25, 0.3) is 0 Å². The van der Waals surface area contributed by atoms with Crippen molar-refractivity contribution in [2.75, 3.05) is 0 Å². The lowest BCUT2D eigenvalue weighted by molar-refractivity contribution is -0.143. The van der Waals surface area contributed by atoms with Gasteiger partial charge >= 0.3 is 24.6 Å². The van der Waals surface area contributed by atoms with Crippen LogP contribution in [0.15, 0.2) is 36.4 Å². The number of hydrogen-bond acceptors (Lipinski definition) is 2. The quantitative estimate of drug-likeness (QED) is 0.381. The maximum absolute atomic E-state index is 13.2. The van der Waals surface area contributed by atoms with E-state index in [1.807, 2.05) is 0 Å². The molecule has 0 aliphatic carbocycles. The number of carbonyl (C=O) groups is 1. The lowest BCUT2D eigenvalue weighted by atomic mass is 9.96. The number of alkyl halides is 9. The topological polar surface area (TPSA) is 29.5 Å². The third kappa shape index (κ3) is 4.39. The number of amides is 1. The number of cyclic esters (lactones) is 1. The number of halogens is 10. The molecule has 2 heterocycles. The number of ether oxygens (including phenoxy) is 1. The van der Waals surface area contributed by atoms with Crippen LogP contribution in [-0.4, -0.2) is 17.0 Å². The third-order valence-electron chi connectivity index (χ3n) is 5.84. The maximum Gasteiger partial charge on any atom is 0.416 e. The van der Waals surface area contributed by atoms with Gasteiger partial charge in [-0.2, -0.15) is 39.5 Å². The van der Waals surface area contributed by atoms with E-state index >= 15 is 0 Å². The summed E-state index contributed by atoms with van der Waals surface area (Å²) in [7, 11) is 0. The molecule has 2 fully saturated rings. The lowest BCUT2D eigenvalue weighted by Gasteiger charge is -2.24. The summed E-state index contributed by atoms with van der Waals surface area (Å²) < 4.78 is 124. The van der Waals surface area contributed by atoms with Crippen LogP contribution in [-0.2, 0) is 23.3 Å². The molecule has 2 aliphatic rings. The standard InChI is InChI=1S/C21H13ClF9NO2/c22-14-2-1-10(19(23,24)25)8-13(14)15-3-4-16-17(34-18(33)32(15)16)9-5-11(20(26,27)28)7-12(6-9)21(29,30)31/h1-2,5-8,15-17H,3-4H2/t15-,16-,17+/m0/s1. The average Bonchev–Trinajstić information content (AvgIpc) is 3.27. The summed E-state index contributed by atoms with van der Waals surface area (Å²) in [6.45, 7) is 0. The van der Waals surface area contributed by atoms with Gasteiger partial charge in [-0.25, -0.2) is 4.79 Å². The van der Waals surface area contributed by atoms with Gasteiger partial charge in [0.25, 0.3) is 0 Å². The highest BCUT2D eigenvalue weighted by Crippen LogP contribution is 2.50. The number of carbonyl (C=O) groups excluding carboxylic acids is 1. The van der Waals surface area contributed by atoms with Crippen LogP contribution in [0, 0.1) is 0 Å². The second kappa shape index (κ2) is 7.96. The highest BCUT2D eigenvalue weighted by molar-refractivity contribution is 6.31. The van der Waals surface area contributed by atoms with Gasteiger partial charge in [-0.3, -0.25) is 4.90 Å². The molecule has 184 valence electrons.